The number of carbonyl (C=O) groups excluding carboxylic acids is 1. The first-order valence-electron chi connectivity index (χ1n) is 5.86. The highest BCUT2D eigenvalue weighted by Crippen LogP contribution is 2.21. The second-order valence-corrected chi connectivity index (χ2v) is 6.29. The predicted octanol–water partition coefficient (Wildman–Crippen LogP) is 4.48. The summed E-state index contributed by atoms with van der Waals surface area (Å²) in [5, 5.41) is 4.89. The van der Waals surface area contributed by atoms with Gasteiger partial charge in [-0.2, -0.15) is 0 Å². The van der Waals surface area contributed by atoms with Gasteiger partial charge in [0, 0.05) is 27.5 Å². The van der Waals surface area contributed by atoms with E-state index in [0.717, 1.165) is 15.0 Å². The topological polar surface area (TPSA) is 32.3 Å². The van der Waals surface area contributed by atoms with Crippen LogP contribution in [0, 0.1) is 6.92 Å². The molecule has 19 heavy (non-hydrogen) atoms. The molecule has 0 aliphatic carbocycles. The highest BCUT2D eigenvalue weighted by molar-refractivity contribution is 9.10. The lowest BCUT2D eigenvalue weighted by atomic mass is 10.2. The Bertz CT molecular complexity index is 565. The summed E-state index contributed by atoms with van der Waals surface area (Å²) in [4.78, 5) is 14.8. The lowest BCUT2D eigenvalue weighted by Crippen LogP contribution is -2.30. The average molecular weight is 339 g/mol. The summed E-state index contributed by atoms with van der Waals surface area (Å²) in [5.74, 6) is 0. The van der Waals surface area contributed by atoms with Crippen molar-refractivity contribution in [2.45, 2.75) is 13.5 Å². The van der Waals surface area contributed by atoms with Gasteiger partial charge in [-0.25, -0.2) is 4.79 Å². The standard InChI is InChI=1S/C14H15BrN2OS/c1-10-3-5-12(6-4-10)16-14(18)17(2)8-13-7-11(15)9-19-13/h3-7,9H,8H2,1-2H3,(H,16,18). The van der Waals surface area contributed by atoms with Crippen LogP contribution in [0.2, 0.25) is 0 Å². The van der Waals surface area contributed by atoms with Crippen LogP contribution in [0.25, 0.3) is 0 Å². The van der Waals surface area contributed by atoms with Crippen LogP contribution in [-0.2, 0) is 6.54 Å². The van der Waals surface area contributed by atoms with Crippen molar-refractivity contribution < 1.29 is 4.79 Å². The van der Waals surface area contributed by atoms with E-state index in [0.29, 0.717) is 6.54 Å². The zero-order valence-corrected chi connectivity index (χ0v) is 13.2. The van der Waals surface area contributed by atoms with Crippen molar-refractivity contribution >= 4 is 39.0 Å². The Balaban J connectivity index is 1.94. The van der Waals surface area contributed by atoms with Crippen molar-refractivity contribution in [2.75, 3.05) is 12.4 Å². The molecule has 0 unspecified atom stereocenters. The van der Waals surface area contributed by atoms with Crippen molar-refractivity contribution in [1.29, 1.82) is 0 Å². The van der Waals surface area contributed by atoms with Crippen molar-refractivity contribution in [2.24, 2.45) is 0 Å². The maximum atomic E-state index is 12.0. The summed E-state index contributed by atoms with van der Waals surface area (Å²) in [6.45, 7) is 2.63. The molecule has 0 bridgehead atoms. The van der Waals surface area contributed by atoms with E-state index < -0.39 is 0 Å². The number of nitrogens with one attached hydrogen (secondary N) is 1. The lowest BCUT2D eigenvalue weighted by molar-refractivity contribution is 0.221. The number of hydrogen-bond donors (Lipinski definition) is 1. The fraction of sp³-hybridized carbons (Fsp3) is 0.214. The Hall–Kier alpha value is -1.33. The van der Waals surface area contributed by atoms with E-state index in [1.165, 1.54) is 5.56 Å². The summed E-state index contributed by atoms with van der Waals surface area (Å²) < 4.78 is 1.06. The zero-order chi connectivity index (χ0) is 13.8. The molecule has 0 aliphatic rings. The number of thiophene rings is 1. The van der Waals surface area contributed by atoms with E-state index in [2.05, 4.69) is 21.2 Å². The second-order valence-electron chi connectivity index (χ2n) is 4.38. The minimum Gasteiger partial charge on any atom is -0.322 e. The van der Waals surface area contributed by atoms with Crippen LogP contribution in [0.15, 0.2) is 40.2 Å². The summed E-state index contributed by atoms with van der Waals surface area (Å²) in [6, 6.07) is 9.69. The van der Waals surface area contributed by atoms with Crippen LogP contribution in [-0.4, -0.2) is 18.0 Å². The Morgan fingerprint density at radius 1 is 1.37 bits per heavy atom. The number of carbonyl (C=O) groups is 1. The van der Waals surface area contributed by atoms with Crippen molar-refractivity contribution in [3.63, 3.8) is 0 Å². The third kappa shape index (κ3) is 4.08. The van der Waals surface area contributed by atoms with Crippen LogP contribution in [0.5, 0.6) is 0 Å². The first kappa shape index (κ1) is 14.1. The Morgan fingerprint density at radius 3 is 2.63 bits per heavy atom. The molecule has 0 saturated carbocycles. The number of nitrogens with zero attached hydrogens (tertiary/aromatic N) is 1. The third-order valence-corrected chi connectivity index (χ3v) is 4.35. The van der Waals surface area contributed by atoms with Gasteiger partial charge in [0.2, 0.25) is 0 Å². The fourth-order valence-electron chi connectivity index (χ4n) is 1.60. The molecule has 0 radical (unpaired) electrons. The largest absolute Gasteiger partial charge is 0.322 e. The number of urea groups is 1. The van der Waals surface area contributed by atoms with E-state index in [1.807, 2.05) is 42.6 Å². The van der Waals surface area contributed by atoms with Gasteiger partial charge in [-0.3, -0.25) is 0 Å². The molecule has 0 fully saturated rings. The molecule has 2 aromatic rings. The molecule has 0 atom stereocenters. The van der Waals surface area contributed by atoms with Gasteiger partial charge in [0.1, 0.15) is 0 Å². The normalized spacial score (nSPS) is 10.3. The molecule has 1 aromatic heterocycles. The molecule has 5 heteroatoms. The number of anilines is 1. The van der Waals surface area contributed by atoms with Crippen molar-refractivity contribution in [1.82, 2.24) is 4.90 Å². The molecule has 1 heterocycles. The van der Waals surface area contributed by atoms with Crippen LogP contribution in [0.4, 0.5) is 10.5 Å². The van der Waals surface area contributed by atoms with Gasteiger partial charge >= 0.3 is 6.03 Å². The highest BCUT2D eigenvalue weighted by atomic mass is 79.9. The third-order valence-electron chi connectivity index (χ3n) is 2.66. The minimum absolute atomic E-state index is 0.103. The summed E-state index contributed by atoms with van der Waals surface area (Å²) in [7, 11) is 1.79. The second kappa shape index (κ2) is 6.21. The first-order chi connectivity index (χ1) is 9.04. The Labute approximate surface area is 125 Å². The van der Waals surface area contributed by atoms with E-state index >= 15 is 0 Å². The van der Waals surface area contributed by atoms with Crippen LogP contribution in [0.1, 0.15) is 10.4 Å². The first-order valence-corrected chi connectivity index (χ1v) is 7.53. The number of rotatable bonds is 3. The van der Waals surface area contributed by atoms with E-state index in [-0.39, 0.29) is 6.03 Å². The number of hydrogen-bond acceptors (Lipinski definition) is 2. The van der Waals surface area contributed by atoms with E-state index in [4.69, 9.17) is 0 Å². The zero-order valence-electron chi connectivity index (χ0n) is 10.8. The van der Waals surface area contributed by atoms with Gasteiger partial charge in [-0.1, -0.05) is 17.7 Å². The number of halogens is 1. The Morgan fingerprint density at radius 2 is 2.05 bits per heavy atom. The van der Waals surface area contributed by atoms with Gasteiger partial charge in [0.15, 0.2) is 0 Å². The fourth-order valence-corrected chi connectivity index (χ4v) is 3.10. The molecule has 0 spiro atoms. The Kier molecular flexibility index (Phi) is 4.61. The van der Waals surface area contributed by atoms with Crippen LogP contribution in [0.3, 0.4) is 0 Å². The summed E-state index contributed by atoms with van der Waals surface area (Å²) in [6.07, 6.45) is 0. The van der Waals surface area contributed by atoms with Crippen LogP contribution < -0.4 is 5.32 Å². The molecule has 3 nitrogen and oxygen atoms in total. The summed E-state index contributed by atoms with van der Waals surface area (Å²) >= 11 is 5.05. The monoisotopic (exact) mass is 338 g/mol. The van der Waals surface area contributed by atoms with E-state index in [1.54, 1.807) is 23.3 Å². The number of amides is 2. The van der Waals surface area contributed by atoms with Crippen molar-refractivity contribution in [3.8, 4) is 0 Å². The quantitative estimate of drug-likeness (QED) is 0.878. The van der Waals surface area contributed by atoms with Gasteiger partial charge in [0.05, 0.1) is 6.54 Å². The number of aryl methyl sites for hydroxylation is 1. The molecule has 2 amide bonds. The maximum Gasteiger partial charge on any atom is 0.321 e. The molecular weight excluding hydrogens is 324 g/mol. The molecule has 0 aliphatic heterocycles. The predicted molar refractivity (Wildman–Crippen MR) is 83.7 cm³/mol. The van der Waals surface area contributed by atoms with Crippen LogP contribution >= 0.6 is 27.3 Å². The molecule has 0 saturated heterocycles. The molecule has 1 aromatic carbocycles. The average Bonchev–Trinajstić information content (AvgIpc) is 2.77. The maximum absolute atomic E-state index is 12.0. The van der Waals surface area contributed by atoms with Gasteiger partial charge in [0.25, 0.3) is 0 Å². The molecule has 1 N–H and O–H groups in total. The number of benzene rings is 1. The smallest absolute Gasteiger partial charge is 0.321 e. The minimum atomic E-state index is -0.103. The molecule has 100 valence electrons. The van der Waals surface area contributed by atoms with Gasteiger partial charge < -0.3 is 10.2 Å². The molecule has 2 rings (SSSR count). The highest BCUT2D eigenvalue weighted by Gasteiger charge is 2.10. The van der Waals surface area contributed by atoms with Crippen molar-refractivity contribution in [3.05, 3.63) is 50.6 Å². The summed E-state index contributed by atoms with van der Waals surface area (Å²) in [5.41, 5.74) is 1.99. The van der Waals surface area contributed by atoms with Gasteiger partial charge in [-0.15, -0.1) is 11.3 Å². The molecular formula is C14H15BrN2OS. The van der Waals surface area contributed by atoms with E-state index in [9.17, 15) is 4.79 Å². The SMILES string of the molecule is Cc1ccc(NC(=O)N(C)Cc2cc(Br)cs2)cc1. The lowest BCUT2D eigenvalue weighted by Gasteiger charge is -2.17. The van der Waals surface area contributed by atoms with Gasteiger partial charge in [-0.05, 0) is 41.1 Å².